The average Bonchev–Trinajstić information content (AvgIpc) is 2.62. The van der Waals surface area contributed by atoms with Gasteiger partial charge in [0.15, 0.2) is 11.5 Å². The highest BCUT2D eigenvalue weighted by Crippen LogP contribution is 2.28. The molecule has 2 aromatic carbocycles. The number of ether oxygens (including phenoxy) is 2. The van der Waals surface area contributed by atoms with Gasteiger partial charge < -0.3 is 9.47 Å². The van der Waals surface area contributed by atoms with Gasteiger partial charge in [0.2, 0.25) is 0 Å². The lowest BCUT2D eigenvalue weighted by molar-refractivity contribution is 0.266. The summed E-state index contributed by atoms with van der Waals surface area (Å²) in [7, 11) is 3.20. The largest absolute Gasteiger partial charge is 0.493 e. The fourth-order valence-corrected chi connectivity index (χ4v) is 2.52. The first kappa shape index (κ1) is 17.8. The van der Waals surface area contributed by atoms with Crippen molar-refractivity contribution in [1.29, 1.82) is 5.26 Å². The van der Waals surface area contributed by atoms with E-state index >= 15 is 0 Å². The van der Waals surface area contributed by atoms with Crippen LogP contribution in [0.2, 0.25) is 0 Å². The van der Waals surface area contributed by atoms with Crippen molar-refractivity contribution in [3.8, 4) is 17.6 Å². The van der Waals surface area contributed by atoms with E-state index in [9.17, 15) is 4.39 Å². The fraction of sp³-hybridized carbons (Fsp3) is 0.316. The summed E-state index contributed by atoms with van der Waals surface area (Å²) in [6, 6.07) is 12.2. The van der Waals surface area contributed by atoms with Gasteiger partial charge >= 0.3 is 0 Å². The number of hydrogen-bond acceptors (Lipinski definition) is 4. The number of benzene rings is 2. The van der Waals surface area contributed by atoms with Crippen LogP contribution in [0.15, 0.2) is 36.4 Å². The van der Waals surface area contributed by atoms with Crippen LogP contribution in [0, 0.1) is 17.1 Å². The van der Waals surface area contributed by atoms with Gasteiger partial charge in [-0.05, 0) is 42.4 Å². The molecule has 0 aliphatic carbocycles. The molecule has 0 N–H and O–H groups in total. The fourth-order valence-electron chi connectivity index (χ4n) is 2.52. The van der Waals surface area contributed by atoms with Gasteiger partial charge in [-0.1, -0.05) is 13.0 Å². The van der Waals surface area contributed by atoms with Crippen molar-refractivity contribution >= 4 is 0 Å². The van der Waals surface area contributed by atoms with Gasteiger partial charge in [0.1, 0.15) is 5.82 Å². The molecule has 126 valence electrons. The Morgan fingerprint density at radius 2 is 1.79 bits per heavy atom. The number of nitriles is 1. The third-order valence-electron chi connectivity index (χ3n) is 3.87. The zero-order valence-corrected chi connectivity index (χ0v) is 14.2. The van der Waals surface area contributed by atoms with Crippen LogP contribution in [0.3, 0.4) is 0 Å². The Morgan fingerprint density at radius 1 is 1.04 bits per heavy atom. The molecule has 0 spiro atoms. The maximum Gasteiger partial charge on any atom is 0.161 e. The molecule has 0 saturated carbocycles. The zero-order chi connectivity index (χ0) is 17.5. The topological polar surface area (TPSA) is 45.5 Å². The minimum atomic E-state index is -0.292. The average molecular weight is 328 g/mol. The standard InChI is InChI=1S/C19H21FN2O2/c1-4-22(13-16-9-14(11-21)5-7-17(16)20)12-15-6-8-18(23-2)19(10-15)24-3/h5-10H,4,12-13H2,1-3H3. The molecule has 0 bridgehead atoms. The molecule has 0 atom stereocenters. The van der Waals surface area contributed by atoms with Crippen molar-refractivity contribution in [2.24, 2.45) is 0 Å². The number of halogens is 1. The molecule has 0 heterocycles. The molecule has 0 aliphatic rings. The van der Waals surface area contributed by atoms with E-state index in [1.807, 2.05) is 31.2 Å². The van der Waals surface area contributed by atoms with Gasteiger partial charge in [0, 0.05) is 18.7 Å². The molecule has 4 nitrogen and oxygen atoms in total. The summed E-state index contributed by atoms with van der Waals surface area (Å²) in [4.78, 5) is 2.10. The minimum absolute atomic E-state index is 0.292. The molecule has 5 heteroatoms. The Kier molecular flexibility index (Phi) is 6.16. The minimum Gasteiger partial charge on any atom is -0.493 e. The van der Waals surface area contributed by atoms with Gasteiger partial charge in [0.25, 0.3) is 0 Å². The van der Waals surface area contributed by atoms with E-state index in [0.29, 0.717) is 35.7 Å². The highest BCUT2D eigenvalue weighted by Gasteiger charge is 2.11. The molecule has 24 heavy (non-hydrogen) atoms. The van der Waals surface area contributed by atoms with Crippen LogP contribution in [0.5, 0.6) is 11.5 Å². The number of hydrogen-bond donors (Lipinski definition) is 0. The number of nitrogens with zero attached hydrogens (tertiary/aromatic N) is 2. The van der Waals surface area contributed by atoms with Gasteiger partial charge in [-0.3, -0.25) is 4.90 Å². The molecule has 0 saturated heterocycles. The van der Waals surface area contributed by atoms with E-state index in [1.165, 1.54) is 12.1 Å². The predicted octanol–water partition coefficient (Wildman–Crippen LogP) is 3.74. The van der Waals surface area contributed by atoms with Gasteiger partial charge in [-0.15, -0.1) is 0 Å². The van der Waals surface area contributed by atoms with E-state index in [4.69, 9.17) is 14.7 Å². The molecule has 0 aliphatic heterocycles. The Bertz CT molecular complexity index is 741. The first-order valence-electron chi connectivity index (χ1n) is 7.73. The van der Waals surface area contributed by atoms with Crippen LogP contribution in [0.25, 0.3) is 0 Å². The van der Waals surface area contributed by atoms with Crippen molar-refractivity contribution in [1.82, 2.24) is 4.90 Å². The lowest BCUT2D eigenvalue weighted by atomic mass is 10.1. The summed E-state index contributed by atoms with van der Waals surface area (Å²) >= 11 is 0. The number of rotatable bonds is 7. The first-order chi connectivity index (χ1) is 11.6. The Balaban J connectivity index is 2.17. The molecular formula is C19H21FN2O2. The maximum atomic E-state index is 14.0. The van der Waals surface area contributed by atoms with Crippen LogP contribution in [0.1, 0.15) is 23.6 Å². The molecule has 0 fully saturated rings. The predicted molar refractivity (Wildman–Crippen MR) is 90.4 cm³/mol. The third-order valence-corrected chi connectivity index (χ3v) is 3.87. The first-order valence-corrected chi connectivity index (χ1v) is 7.73. The van der Waals surface area contributed by atoms with E-state index in [-0.39, 0.29) is 5.82 Å². The second kappa shape index (κ2) is 8.32. The lowest BCUT2D eigenvalue weighted by Gasteiger charge is -2.21. The Morgan fingerprint density at radius 3 is 2.42 bits per heavy atom. The summed E-state index contributed by atoms with van der Waals surface area (Å²) in [5.41, 5.74) is 2.04. The third kappa shape index (κ3) is 4.24. The normalized spacial score (nSPS) is 10.5. The summed E-state index contributed by atoms with van der Waals surface area (Å²) in [5.74, 6) is 1.06. The van der Waals surface area contributed by atoms with Gasteiger partial charge in [0.05, 0.1) is 25.9 Å². The highest BCUT2D eigenvalue weighted by molar-refractivity contribution is 5.43. The van der Waals surface area contributed by atoms with Crippen LogP contribution < -0.4 is 9.47 Å². The zero-order valence-electron chi connectivity index (χ0n) is 14.2. The summed E-state index contributed by atoms with van der Waals surface area (Å²) in [6.45, 7) is 3.86. The summed E-state index contributed by atoms with van der Waals surface area (Å²) < 4.78 is 24.5. The van der Waals surface area contributed by atoms with Crippen molar-refractivity contribution in [3.63, 3.8) is 0 Å². The SMILES string of the molecule is CCN(Cc1ccc(OC)c(OC)c1)Cc1cc(C#N)ccc1F. The van der Waals surface area contributed by atoms with E-state index in [0.717, 1.165) is 12.1 Å². The van der Waals surface area contributed by atoms with Crippen LogP contribution in [0.4, 0.5) is 4.39 Å². The summed E-state index contributed by atoms with van der Waals surface area (Å²) in [5, 5.41) is 8.97. The Hall–Kier alpha value is -2.58. The molecule has 2 aromatic rings. The monoisotopic (exact) mass is 328 g/mol. The smallest absolute Gasteiger partial charge is 0.161 e. The van der Waals surface area contributed by atoms with Crippen molar-refractivity contribution in [3.05, 3.63) is 58.9 Å². The highest BCUT2D eigenvalue weighted by atomic mass is 19.1. The molecule has 2 rings (SSSR count). The quantitative estimate of drug-likeness (QED) is 0.777. The Labute approximate surface area is 142 Å². The van der Waals surface area contributed by atoms with Crippen molar-refractivity contribution in [2.45, 2.75) is 20.0 Å². The molecule has 0 unspecified atom stereocenters. The maximum absolute atomic E-state index is 14.0. The van der Waals surface area contributed by atoms with Crippen LogP contribution >= 0.6 is 0 Å². The van der Waals surface area contributed by atoms with Crippen molar-refractivity contribution < 1.29 is 13.9 Å². The molecule has 0 radical (unpaired) electrons. The number of methoxy groups -OCH3 is 2. The molecule has 0 amide bonds. The van der Waals surface area contributed by atoms with Crippen molar-refractivity contribution in [2.75, 3.05) is 20.8 Å². The second-order valence-corrected chi connectivity index (χ2v) is 5.41. The second-order valence-electron chi connectivity index (χ2n) is 5.41. The molecule has 0 aromatic heterocycles. The molecular weight excluding hydrogens is 307 g/mol. The van der Waals surface area contributed by atoms with E-state index in [1.54, 1.807) is 20.3 Å². The van der Waals surface area contributed by atoms with E-state index < -0.39 is 0 Å². The van der Waals surface area contributed by atoms with Crippen LogP contribution in [-0.2, 0) is 13.1 Å². The van der Waals surface area contributed by atoms with Crippen LogP contribution in [-0.4, -0.2) is 25.7 Å². The van der Waals surface area contributed by atoms with Gasteiger partial charge in [-0.25, -0.2) is 4.39 Å². The van der Waals surface area contributed by atoms with Gasteiger partial charge in [-0.2, -0.15) is 5.26 Å². The van der Waals surface area contributed by atoms with E-state index in [2.05, 4.69) is 4.90 Å². The lowest BCUT2D eigenvalue weighted by Crippen LogP contribution is -2.23. The summed E-state index contributed by atoms with van der Waals surface area (Å²) in [6.07, 6.45) is 0.